The van der Waals surface area contributed by atoms with E-state index in [0.717, 1.165) is 22.6 Å². The van der Waals surface area contributed by atoms with Gasteiger partial charge in [0, 0.05) is 17.6 Å². The highest BCUT2D eigenvalue weighted by Crippen LogP contribution is 2.17. The number of anilines is 2. The minimum Gasteiger partial charge on any atom is -0.332 e. The molecular formula is C20H16FN3S. The summed E-state index contributed by atoms with van der Waals surface area (Å²) in [6.07, 6.45) is 1.70. The van der Waals surface area contributed by atoms with Crippen molar-refractivity contribution < 1.29 is 4.39 Å². The van der Waals surface area contributed by atoms with Crippen molar-refractivity contribution in [1.29, 1.82) is 0 Å². The highest BCUT2D eigenvalue weighted by Gasteiger charge is 1.99. The maximum Gasteiger partial charge on any atom is 0.175 e. The monoisotopic (exact) mass is 349 g/mol. The van der Waals surface area contributed by atoms with Gasteiger partial charge in [0.25, 0.3) is 0 Å². The Labute approximate surface area is 151 Å². The Bertz CT molecular complexity index is 860. The van der Waals surface area contributed by atoms with Crippen LogP contribution in [0.5, 0.6) is 0 Å². The van der Waals surface area contributed by atoms with Crippen LogP contribution < -0.4 is 10.6 Å². The SMILES string of the molecule is Fc1ccc(C=Nc2ccc(NC(=S)Nc3ccccc3)cc2)cc1. The Morgan fingerprint density at radius 2 is 1.40 bits per heavy atom. The number of hydrogen-bond acceptors (Lipinski definition) is 2. The van der Waals surface area contributed by atoms with Gasteiger partial charge < -0.3 is 10.6 Å². The first-order valence-corrected chi connectivity index (χ1v) is 8.13. The number of hydrogen-bond donors (Lipinski definition) is 2. The van der Waals surface area contributed by atoms with Gasteiger partial charge in [-0.25, -0.2) is 4.39 Å². The molecule has 0 fully saturated rings. The van der Waals surface area contributed by atoms with E-state index in [2.05, 4.69) is 15.6 Å². The van der Waals surface area contributed by atoms with Crippen LogP contribution in [0.4, 0.5) is 21.5 Å². The fourth-order valence-corrected chi connectivity index (χ4v) is 2.38. The number of nitrogens with zero attached hydrogens (tertiary/aromatic N) is 1. The molecule has 2 N–H and O–H groups in total. The number of benzene rings is 3. The first kappa shape index (κ1) is 16.8. The van der Waals surface area contributed by atoms with Gasteiger partial charge in [0.15, 0.2) is 5.11 Å². The lowest BCUT2D eigenvalue weighted by molar-refractivity contribution is 0.628. The quantitative estimate of drug-likeness (QED) is 0.490. The zero-order valence-corrected chi connectivity index (χ0v) is 14.1. The van der Waals surface area contributed by atoms with Gasteiger partial charge in [-0.15, -0.1) is 0 Å². The number of aliphatic imine (C=N–C) groups is 1. The minimum atomic E-state index is -0.257. The molecule has 0 bridgehead atoms. The van der Waals surface area contributed by atoms with Crippen LogP contribution in [-0.2, 0) is 0 Å². The van der Waals surface area contributed by atoms with Gasteiger partial charge >= 0.3 is 0 Å². The summed E-state index contributed by atoms with van der Waals surface area (Å²) in [6.45, 7) is 0. The molecule has 0 heterocycles. The van der Waals surface area contributed by atoms with E-state index >= 15 is 0 Å². The summed E-state index contributed by atoms with van der Waals surface area (Å²) in [5, 5.41) is 6.76. The average molecular weight is 349 g/mol. The van der Waals surface area contributed by atoms with Crippen LogP contribution in [0, 0.1) is 5.82 Å². The number of para-hydroxylation sites is 1. The number of rotatable bonds is 4. The number of nitrogens with one attached hydrogen (secondary N) is 2. The van der Waals surface area contributed by atoms with Crippen LogP contribution >= 0.6 is 12.2 Å². The molecule has 0 aliphatic carbocycles. The molecule has 3 aromatic carbocycles. The van der Waals surface area contributed by atoms with E-state index in [0.29, 0.717) is 5.11 Å². The Morgan fingerprint density at radius 3 is 2.04 bits per heavy atom. The van der Waals surface area contributed by atoms with Crippen molar-refractivity contribution in [3.63, 3.8) is 0 Å². The number of halogens is 1. The van der Waals surface area contributed by atoms with E-state index in [1.165, 1.54) is 12.1 Å². The van der Waals surface area contributed by atoms with Crippen LogP contribution in [0.2, 0.25) is 0 Å². The maximum absolute atomic E-state index is 12.9. The molecule has 0 unspecified atom stereocenters. The summed E-state index contributed by atoms with van der Waals surface area (Å²) in [6, 6.07) is 23.5. The Morgan fingerprint density at radius 1 is 0.800 bits per heavy atom. The summed E-state index contributed by atoms with van der Waals surface area (Å²) in [4.78, 5) is 4.37. The van der Waals surface area contributed by atoms with Crippen molar-refractivity contribution in [2.75, 3.05) is 10.6 Å². The second-order valence-corrected chi connectivity index (χ2v) is 5.71. The van der Waals surface area contributed by atoms with Crippen molar-refractivity contribution in [2.24, 2.45) is 4.99 Å². The molecule has 3 nitrogen and oxygen atoms in total. The lowest BCUT2D eigenvalue weighted by atomic mass is 10.2. The summed E-state index contributed by atoms with van der Waals surface area (Å²) in [7, 11) is 0. The fraction of sp³-hybridized carbons (Fsp3) is 0. The lowest BCUT2D eigenvalue weighted by Crippen LogP contribution is -2.18. The molecule has 25 heavy (non-hydrogen) atoms. The molecular weight excluding hydrogens is 333 g/mol. The van der Waals surface area contributed by atoms with Gasteiger partial charge in [-0.1, -0.05) is 30.3 Å². The third-order valence-electron chi connectivity index (χ3n) is 3.39. The molecule has 0 radical (unpaired) electrons. The number of thiocarbonyl (C=S) groups is 1. The second-order valence-electron chi connectivity index (χ2n) is 5.30. The lowest BCUT2D eigenvalue weighted by Gasteiger charge is -2.10. The molecule has 3 aromatic rings. The van der Waals surface area contributed by atoms with E-state index in [9.17, 15) is 4.39 Å². The molecule has 124 valence electrons. The van der Waals surface area contributed by atoms with Gasteiger partial charge in [0.1, 0.15) is 5.82 Å². The highest BCUT2D eigenvalue weighted by atomic mass is 32.1. The van der Waals surface area contributed by atoms with E-state index in [1.807, 2.05) is 54.6 Å². The first-order valence-electron chi connectivity index (χ1n) is 7.72. The Hall–Kier alpha value is -3.05. The molecule has 0 saturated carbocycles. The molecule has 0 amide bonds. The third-order valence-corrected chi connectivity index (χ3v) is 3.59. The second kappa shape index (κ2) is 8.17. The van der Waals surface area contributed by atoms with Gasteiger partial charge in [-0.05, 0) is 66.3 Å². The Balaban J connectivity index is 1.58. The standard InChI is InChI=1S/C20H16FN3S/c21-16-8-6-15(7-9-16)14-22-17-10-12-19(13-11-17)24-20(25)23-18-4-2-1-3-5-18/h1-14H,(H2,23,24,25). The van der Waals surface area contributed by atoms with Crippen molar-refractivity contribution in [1.82, 2.24) is 0 Å². The van der Waals surface area contributed by atoms with Crippen molar-refractivity contribution in [2.45, 2.75) is 0 Å². The van der Waals surface area contributed by atoms with Crippen molar-refractivity contribution in [3.8, 4) is 0 Å². The first-order chi connectivity index (χ1) is 12.2. The van der Waals surface area contributed by atoms with E-state index in [4.69, 9.17) is 12.2 Å². The Kier molecular flexibility index (Phi) is 5.49. The largest absolute Gasteiger partial charge is 0.332 e. The summed E-state index contributed by atoms with van der Waals surface area (Å²) in [5.41, 5.74) is 3.45. The molecule has 5 heteroatoms. The van der Waals surface area contributed by atoms with Gasteiger partial charge in [-0.3, -0.25) is 4.99 Å². The van der Waals surface area contributed by atoms with Gasteiger partial charge in [0.05, 0.1) is 5.69 Å². The topological polar surface area (TPSA) is 36.4 Å². The normalized spacial score (nSPS) is 10.6. The van der Waals surface area contributed by atoms with Crippen LogP contribution in [0.3, 0.4) is 0 Å². The van der Waals surface area contributed by atoms with Crippen LogP contribution in [0.15, 0.2) is 83.9 Å². The highest BCUT2D eigenvalue weighted by molar-refractivity contribution is 7.80. The molecule has 0 saturated heterocycles. The molecule has 3 rings (SSSR count). The molecule has 0 aromatic heterocycles. The molecule has 0 aliphatic rings. The smallest absolute Gasteiger partial charge is 0.175 e. The van der Waals surface area contributed by atoms with Crippen LogP contribution in [0.1, 0.15) is 5.56 Å². The zero-order valence-electron chi connectivity index (χ0n) is 13.3. The van der Waals surface area contributed by atoms with Crippen molar-refractivity contribution >= 4 is 40.6 Å². The predicted molar refractivity (Wildman–Crippen MR) is 106 cm³/mol. The van der Waals surface area contributed by atoms with Crippen LogP contribution in [0.25, 0.3) is 0 Å². The molecule has 0 aliphatic heterocycles. The minimum absolute atomic E-state index is 0.257. The van der Waals surface area contributed by atoms with Gasteiger partial charge in [-0.2, -0.15) is 0 Å². The van der Waals surface area contributed by atoms with Crippen molar-refractivity contribution in [3.05, 3.63) is 90.2 Å². The average Bonchev–Trinajstić information content (AvgIpc) is 2.63. The summed E-state index contributed by atoms with van der Waals surface area (Å²) < 4.78 is 12.9. The van der Waals surface area contributed by atoms with E-state index in [1.54, 1.807) is 18.3 Å². The third kappa shape index (κ3) is 5.22. The fourth-order valence-electron chi connectivity index (χ4n) is 2.14. The molecule has 0 spiro atoms. The van der Waals surface area contributed by atoms with Crippen LogP contribution in [-0.4, -0.2) is 11.3 Å². The molecule has 0 atom stereocenters. The van der Waals surface area contributed by atoms with Gasteiger partial charge in [0.2, 0.25) is 0 Å². The summed E-state index contributed by atoms with van der Waals surface area (Å²) >= 11 is 5.29. The maximum atomic E-state index is 12.9. The van der Waals surface area contributed by atoms with E-state index in [-0.39, 0.29) is 5.82 Å². The predicted octanol–water partition coefficient (Wildman–Crippen LogP) is 5.39. The van der Waals surface area contributed by atoms with E-state index < -0.39 is 0 Å². The summed E-state index contributed by atoms with van der Waals surface area (Å²) in [5.74, 6) is -0.257. The zero-order chi connectivity index (χ0) is 17.5.